The molecule has 1 heterocycles. The first-order valence-electron chi connectivity index (χ1n) is 4.33. The Morgan fingerprint density at radius 1 is 1.67 bits per heavy atom. The number of rotatable bonds is 3. The number of carboxylic acids is 1. The van der Waals surface area contributed by atoms with Crippen LogP contribution in [0.4, 0.5) is 0 Å². The summed E-state index contributed by atoms with van der Waals surface area (Å²) in [7, 11) is 0. The maximum Gasteiger partial charge on any atom is 0.309 e. The van der Waals surface area contributed by atoms with Crippen LogP contribution in [0.3, 0.4) is 0 Å². The highest BCUT2D eigenvalue weighted by molar-refractivity contribution is 7.99. The first-order valence-corrected chi connectivity index (χ1v) is 5.49. The van der Waals surface area contributed by atoms with Crippen molar-refractivity contribution in [2.75, 3.05) is 11.5 Å². The van der Waals surface area contributed by atoms with Crippen LogP contribution in [0.1, 0.15) is 26.7 Å². The SMILES string of the molecule is CC(C)(CC1CCSC1)C(=O)O. The molecule has 0 aromatic carbocycles. The molecular weight excluding hydrogens is 172 g/mol. The van der Waals surface area contributed by atoms with Gasteiger partial charge in [0.25, 0.3) is 0 Å². The van der Waals surface area contributed by atoms with Crippen molar-refractivity contribution in [2.24, 2.45) is 11.3 Å². The lowest BCUT2D eigenvalue weighted by molar-refractivity contribution is -0.147. The van der Waals surface area contributed by atoms with Crippen molar-refractivity contribution in [3.63, 3.8) is 0 Å². The molecule has 0 radical (unpaired) electrons. The molecule has 3 heteroatoms. The average Bonchev–Trinajstić information content (AvgIpc) is 2.38. The Hall–Kier alpha value is -0.180. The van der Waals surface area contributed by atoms with Gasteiger partial charge in [0.05, 0.1) is 5.41 Å². The van der Waals surface area contributed by atoms with Crippen LogP contribution in [-0.4, -0.2) is 22.6 Å². The lowest BCUT2D eigenvalue weighted by Gasteiger charge is -2.22. The van der Waals surface area contributed by atoms with Gasteiger partial charge in [-0.15, -0.1) is 0 Å². The highest BCUT2D eigenvalue weighted by Crippen LogP contribution is 2.34. The molecule has 0 spiro atoms. The summed E-state index contributed by atoms with van der Waals surface area (Å²) in [6.45, 7) is 3.64. The number of hydrogen-bond donors (Lipinski definition) is 1. The number of thioether (sulfide) groups is 1. The zero-order valence-corrected chi connectivity index (χ0v) is 8.49. The molecule has 1 rings (SSSR count). The van der Waals surface area contributed by atoms with Crippen LogP contribution < -0.4 is 0 Å². The smallest absolute Gasteiger partial charge is 0.309 e. The lowest BCUT2D eigenvalue weighted by atomic mass is 9.83. The highest BCUT2D eigenvalue weighted by Gasteiger charge is 2.31. The largest absolute Gasteiger partial charge is 0.481 e. The maximum atomic E-state index is 10.8. The van der Waals surface area contributed by atoms with E-state index in [1.54, 1.807) is 0 Å². The summed E-state index contributed by atoms with van der Waals surface area (Å²) in [5, 5.41) is 8.89. The van der Waals surface area contributed by atoms with E-state index in [4.69, 9.17) is 5.11 Å². The zero-order chi connectivity index (χ0) is 9.19. The van der Waals surface area contributed by atoms with Gasteiger partial charge in [0, 0.05) is 0 Å². The van der Waals surface area contributed by atoms with Gasteiger partial charge in [-0.2, -0.15) is 11.8 Å². The second-order valence-electron chi connectivity index (χ2n) is 4.12. The Morgan fingerprint density at radius 3 is 2.75 bits per heavy atom. The molecule has 70 valence electrons. The lowest BCUT2D eigenvalue weighted by Crippen LogP contribution is -2.26. The summed E-state index contributed by atoms with van der Waals surface area (Å²) < 4.78 is 0. The van der Waals surface area contributed by atoms with Crippen molar-refractivity contribution in [2.45, 2.75) is 26.7 Å². The standard InChI is InChI=1S/C9H16O2S/c1-9(2,8(10)11)5-7-3-4-12-6-7/h7H,3-6H2,1-2H3,(H,10,11). The van der Waals surface area contributed by atoms with Crippen LogP contribution in [0.15, 0.2) is 0 Å². The van der Waals surface area contributed by atoms with Crippen molar-refractivity contribution < 1.29 is 9.90 Å². The van der Waals surface area contributed by atoms with Crippen molar-refractivity contribution in [3.8, 4) is 0 Å². The van der Waals surface area contributed by atoms with E-state index in [9.17, 15) is 4.79 Å². The normalized spacial score (nSPS) is 24.3. The fraction of sp³-hybridized carbons (Fsp3) is 0.889. The van der Waals surface area contributed by atoms with E-state index < -0.39 is 11.4 Å². The van der Waals surface area contributed by atoms with Gasteiger partial charge in [0.1, 0.15) is 0 Å². The molecule has 0 bridgehead atoms. The second kappa shape index (κ2) is 3.69. The zero-order valence-electron chi connectivity index (χ0n) is 7.67. The molecule has 12 heavy (non-hydrogen) atoms. The van der Waals surface area contributed by atoms with Gasteiger partial charge in [0.2, 0.25) is 0 Å². The van der Waals surface area contributed by atoms with Crippen LogP contribution >= 0.6 is 11.8 Å². The van der Waals surface area contributed by atoms with Crippen molar-refractivity contribution in [1.82, 2.24) is 0 Å². The van der Waals surface area contributed by atoms with E-state index in [0.717, 1.165) is 12.2 Å². The molecule has 2 nitrogen and oxygen atoms in total. The molecule has 1 unspecified atom stereocenters. The molecule has 1 aliphatic heterocycles. The van der Waals surface area contributed by atoms with Crippen molar-refractivity contribution >= 4 is 17.7 Å². The summed E-state index contributed by atoms with van der Waals surface area (Å²) >= 11 is 1.94. The van der Waals surface area contributed by atoms with Gasteiger partial charge in [-0.1, -0.05) is 0 Å². The minimum absolute atomic E-state index is 0.532. The van der Waals surface area contributed by atoms with E-state index in [-0.39, 0.29) is 0 Å². The number of carbonyl (C=O) groups is 1. The molecule has 0 aliphatic carbocycles. The molecule has 1 fully saturated rings. The molecule has 1 saturated heterocycles. The van der Waals surface area contributed by atoms with Crippen molar-refractivity contribution in [1.29, 1.82) is 0 Å². The van der Waals surface area contributed by atoms with Crippen molar-refractivity contribution in [3.05, 3.63) is 0 Å². The molecule has 0 aromatic heterocycles. The molecule has 0 saturated carbocycles. The molecule has 0 aromatic rings. The third kappa shape index (κ3) is 2.41. The second-order valence-corrected chi connectivity index (χ2v) is 5.27. The van der Waals surface area contributed by atoms with E-state index >= 15 is 0 Å². The molecule has 1 atom stereocenters. The third-order valence-electron chi connectivity index (χ3n) is 2.40. The minimum atomic E-state index is -0.667. The van der Waals surface area contributed by atoms with Crippen LogP contribution in [0.25, 0.3) is 0 Å². The summed E-state index contributed by atoms with van der Waals surface area (Å²) in [6, 6.07) is 0. The van der Waals surface area contributed by atoms with E-state index in [1.807, 2.05) is 25.6 Å². The highest BCUT2D eigenvalue weighted by atomic mass is 32.2. The minimum Gasteiger partial charge on any atom is -0.481 e. The first kappa shape index (κ1) is 9.90. The fourth-order valence-electron chi connectivity index (χ4n) is 1.55. The summed E-state index contributed by atoms with van der Waals surface area (Å²) in [6.07, 6.45) is 2.02. The average molecular weight is 188 g/mol. The van der Waals surface area contributed by atoms with Gasteiger partial charge in [-0.3, -0.25) is 4.79 Å². The van der Waals surface area contributed by atoms with Crippen LogP contribution in [-0.2, 0) is 4.79 Å². The third-order valence-corrected chi connectivity index (χ3v) is 3.63. The Balaban J connectivity index is 2.42. The Labute approximate surface area is 77.7 Å². The Morgan fingerprint density at radius 2 is 2.33 bits per heavy atom. The Kier molecular flexibility index (Phi) is 3.04. The predicted octanol–water partition coefficient (Wildman–Crippen LogP) is 2.24. The Bertz CT molecular complexity index is 171. The number of aliphatic carboxylic acids is 1. The summed E-state index contributed by atoms with van der Waals surface area (Å²) in [5.74, 6) is 2.32. The van der Waals surface area contributed by atoms with Gasteiger partial charge >= 0.3 is 5.97 Å². The molecular formula is C9H16O2S. The van der Waals surface area contributed by atoms with Gasteiger partial charge in [0.15, 0.2) is 0 Å². The topological polar surface area (TPSA) is 37.3 Å². The molecule has 1 N–H and O–H groups in total. The summed E-state index contributed by atoms with van der Waals surface area (Å²) in [4.78, 5) is 10.8. The summed E-state index contributed by atoms with van der Waals surface area (Å²) in [5.41, 5.74) is -0.532. The fourth-order valence-corrected chi connectivity index (χ4v) is 2.84. The number of hydrogen-bond acceptors (Lipinski definition) is 2. The first-order chi connectivity index (χ1) is 5.52. The van der Waals surface area contributed by atoms with Crippen LogP contribution in [0, 0.1) is 11.3 Å². The van der Waals surface area contributed by atoms with E-state index in [0.29, 0.717) is 5.92 Å². The van der Waals surface area contributed by atoms with Gasteiger partial charge < -0.3 is 5.11 Å². The van der Waals surface area contributed by atoms with Gasteiger partial charge in [-0.05, 0) is 44.1 Å². The quantitative estimate of drug-likeness (QED) is 0.738. The van der Waals surface area contributed by atoms with Crippen LogP contribution in [0.2, 0.25) is 0 Å². The van der Waals surface area contributed by atoms with Gasteiger partial charge in [-0.25, -0.2) is 0 Å². The molecule has 0 amide bonds. The van der Waals surface area contributed by atoms with Crippen LogP contribution in [0.5, 0.6) is 0 Å². The number of carboxylic acid groups (broad SMARTS) is 1. The molecule has 1 aliphatic rings. The monoisotopic (exact) mass is 188 g/mol. The maximum absolute atomic E-state index is 10.8. The predicted molar refractivity (Wildman–Crippen MR) is 51.5 cm³/mol. The van der Waals surface area contributed by atoms with E-state index in [2.05, 4.69) is 0 Å². The van der Waals surface area contributed by atoms with E-state index in [1.165, 1.54) is 12.2 Å².